The van der Waals surface area contributed by atoms with E-state index >= 15 is 0 Å². The van der Waals surface area contributed by atoms with Gasteiger partial charge in [-0.25, -0.2) is 4.39 Å². The minimum Gasteiger partial charge on any atom is -0.379 e. The predicted molar refractivity (Wildman–Crippen MR) is 106 cm³/mol. The van der Waals surface area contributed by atoms with E-state index < -0.39 is 0 Å². The molecule has 28 heavy (non-hydrogen) atoms. The van der Waals surface area contributed by atoms with Crippen LogP contribution in [0.5, 0.6) is 0 Å². The lowest BCUT2D eigenvalue weighted by atomic mass is 9.87. The summed E-state index contributed by atoms with van der Waals surface area (Å²) in [4.78, 5) is 2.59. The van der Waals surface area contributed by atoms with E-state index in [1.54, 1.807) is 12.1 Å². The number of aromatic nitrogens is 1. The highest BCUT2D eigenvalue weighted by atomic mass is 19.1. The molecule has 1 aliphatic heterocycles. The van der Waals surface area contributed by atoms with E-state index in [9.17, 15) is 4.39 Å². The van der Waals surface area contributed by atoms with Crippen LogP contribution in [-0.2, 0) is 17.7 Å². The molecule has 2 fully saturated rings. The third-order valence-corrected chi connectivity index (χ3v) is 6.29. The highest BCUT2D eigenvalue weighted by Crippen LogP contribution is 2.30. The molecule has 1 aromatic carbocycles. The fraction of sp³-hybridized carbons (Fsp3) is 0.609. The Morgan fingerprint density at radius 3 is 2.61 bits per heavy atom. The fourth-order valence-electron chi connectivity index (χ4n) is 4.80. The van der Waals surface area contributed by atoms with Crippen molar-refractivity contribution < 1.29 is 13.7 Å². The Balaban J connectivity index is 1.49. The van der Waals surface area contributed by atoms with Crippen molar-refractivity contribution in [1.29, 1.82) is 0 Å². The minimum atomic E-state index is -0.176. The van der Waals surface area contributed by atoms with E-state index in [0.29, 0.717) is 12.0 Å². The van der Waals surface area contributed by atoms with Gasteiger partial charge in [-0.3, -0.25) is 4.90 Å². The van der Waals surface area contributed by atoms with Gasteiger partial charge >= 0.3 is 0 Å². The van der Waals surface area contributed by atoms with E-state index in [2.05, 4.69) is 10.1 Å². The first-order chi connectivity index (χ1) is 13.7. The van der Waals surface area contributed by atoms with Crippen molar-refractivity contribution in [1.82, 2.24) is 10.1 Å². The molecule has 0 amide bonds. The van der Waals surface area contributed by atoms with Gasteiger partial charge in [-0.2, -0.15) is 0 Å². The monoisotopic (exact) mass is 386 g/mol. The number of hydrogen-bond acceptors (Lipinski definition) is 4. The van der Waals surface area contributed by atoms with Crippen molar-refractivity contribution in [3.63, 3.8) is 0 Å². The molecule has 2 heterocycles. The maximum Gasteiger partial charge on any atom is 0.137 e. The standard InChI is InChI=1S/C23H31FN2O2/c1-17-11-22(28-25-17)12-20-15-27-16-23(20)26(13-18-5-3-2-4-6-18)14-19-7-9-21(24)10-8-19/h7-11,18,20,23H,2-6,12-16H2,1H3/t20-,23-/m1/s1. The van der Waals surface area contributed by atoms with Crippen LogP contribution < -0.4 is 0 Å². The highest BCUT2D eigenvalue weighted by molar-refractivity contribution is 5.16. The van der Waals surface area contributed by atoms with E-state index in [4.69, 9.17) is 9.26 Å². The summed E-state index contributed by atoms with van der Waals surface area (Å²) in [5.74, 6) is 1.92. The summed E-state index contributed by atoms with van der Waals surface area (Å²) in [5.41, 5.74) is 2.09. The summed E-state index contributed by atoms with van der Waals surface area (Å²) < 4.78 is 24.7. The Labute approximate surface area is 167 Å². The molecule has 152 valence electrons. The third kappa shape index (κ3) is 5.00. The maximum atomic E-state index is 13.4. The molecule has 5 heteroatoms. The molecule has 1 saturated heterocycles. The number of rotatable bonds is 7. The highest BCUT2D eigenvalue weighted by Gasteiger charge is 2.35. The summed E-state index contributed by atoms with van der Waals surface area (Å²) in [7, 11) is 0. The molecule has 2 atom stereocenters. The molecule has 4 rings (SSSR count). The number of hydrogen-bond donors (Lipinski definition) is 0. The second-order valence-corrected chi connectivity index (χ2v) is 8.56. The smallest absolute Gasteiger partial charge is 0.137 e. The summed E-state index contributed by atoms with van der Waals surface area (Å²) in [5, 5.41) is 4.03. The normalized spacial score (nSPS) is 23.5. The number of ether oxygens (including phenoxy) is 1. The first-order valence-corrected chi connectivity index (χ1v) is 10.7. The van der Waals surface area contributed by atoms with Gasteiger partial charge in [0.1, 0.15) is 11.6 Å². The topological polar surface area (TPSA) is 38.5 Å². The lowest BCUT2D eigenvalue weighted by Crippen LogP contribution is -2.43. The molecule has 0 bridgehead atoms. The summed E-state index contributed by atoms with van der Waals surface area (Å²) >= 11 is 0. The van der Waals surface area contributed by atoms with Gasteiger partial charge in [0.05, 0.1) is 18.9 Å². The zero-order chi connectivity index (χ0) is 19.3. The summed E-state index contributed by atoms with van der Waals surface area (Å²) in [6, 6.07) is 9.34. The number of halogens is 1. The predicted octanol–water partition coefficient (Wildman–Crippen LogP) is 4.76. The molecule has 0 unspecified atom stereocenters. The number of aryl methyl sites for hydroxylation is 1. The van der Waals surface area contributed by atoms with E-state index in [1.165, 1.54) is 37.7 Å². The van der Waals surface area contributed by atoms with Gasteiger partial charge < -0.3 is 9.26 Å². The van der Waals surface area contributed by atoms with E-state index in [1.807, 2.05) is 25.1 Å². The molecular weight excluding hydrogens is 355 g/mol. The van der Waals surface area contributed by atoms with Crippen LogP contribution in [0, 0.1) is 24.6 Å². The average Bonchev–Trinajstić information content (AvgIpc) is 3.33. The molecule has 4 nitrogen and oxygen atoms in total. The summed E-state index contributed by atoms with van der Waals surface area (Å²) in [6.07, 6.45) is 7.55. The Kier molecular flexibility index (Phi) is 6.43. The van der Waals surface area contributed by atoms with Crippen molar-refractivity contribution in [3.8, 4) is 0 Å². The van der Waals surface area contributed by atoms with Gasteiger partial charge in [-0.05, 0) is 43.4 Å². The summed E-state index contributed by atoms with van der Waals surface area (Å²) in [6.45, 7) is 5.41. The quantitative estimate of drug-likeness (QED) is 0.688. The van der Waals surface area contributed by atoms with Gasteiger partial charge in [-0.1, -0.05) is 36.6 Å². The Bertz CT molecular complexity index is 739. The molecule has 1 aromatic heterocycles. The van der Waals surface area contributed by atoms with Crippen LogP contribution in [0.25, 0.3) is 0 Å². The minimum absolute atomic E-state index is 0.176. The van der Waals surface area contributed by atoms with E-state index in [0.717, 1.165) is 50.1 Å². The zero-order valence-electron chi connectivity index (χ0n) is 16.8. The first-order valence-electron chi connectivity index (χ1n) is 10.7. The van der Waals surface area contributed by atoms with Gasteiger partial charge in [0.2, 0.25) is 0 Å². The lowest BCUT2D eigenvalue weighted by Gasteiger charge is -2.35. The van der Waals surface area contributed by atoms with Crippen molar-refractivity contribution in [2.75, 3.05) is 19.8 Å². The SMILES string of the molecule is Cc1cc(C[C@@H]2COC[C@H]2N(Cc2ccc(F)cc2)CC2CCCCC2)on1. The number of benzene rings is 1. The van der Waals surface area contributed by atoms with Gasteiger partial charge in [0, 0.05) is 37.5 Å². The zero-order valence-corrected chi connectivity index (χ0v) is 16.8. The maximum absolute atomic E-state index is 13.4. The molecule has 1 aliphatic carbocycles. The third-order valence-electron chi connectivity index (χ3n) is 6.29. The van der Waals surface area contributed by atoms with Crippen molar-refractivity contribution in [2.24, 2.45) is 11.8 Å². The molecule has 2 aromatic rings. The van der Waals surface area contributed by atoms with Crippen LogP contribution >= 0.6 is 0 Å². The van der Waals surface area contributed by atoms with Crippen LogP contribution in [0.2, 0.25) is 0 Å². The Morgan fingerprint density at radius 1 is 1.11 bits per heavy atom. The van der Waals surface area contributed by atoms with Crippen LogP contribution in [0.15, 0.2) is 34.9 Å². The van der Waals surface area contributed by atoms with Gasteiger partial charge in [0.15, 0.2) is 0 Å². The second-order valence-electron chi connectivity index (χ2n) is 8.56. The largest absolute Gasteiger partial charge is 0.379 e. The Hall–Kier alpha value is -1.72. The van der Waals surface area contributed by atoms with Crippen LogP contribution in [0.4, 0.5) is 4.39 Å². The lowest BCUT2D eigenvalue weighted by molar-refractivity contribution is 0.106. The first kappa shape index (κ1) is 19.6. The van der Waals surface area contributed by atoms with Crippen LogP contribution in [0.1, 0.15) is 49.1 Å². The van der Waals surface area contributed by atoms with Crippen molar-refractivity contribution in [2.45, 2.75) is 58.0 Å². The molecule has 0 radical (unpaired) electrons. The van der Waals surface area contributed by atoms with Gasteiger partial charge in [0.25, 0.3) is 0 Å². The average molecular weight is 387 g/mol. The molecule has 0 N–H and O–H groups in total. The Morgan fingerprint density at radius 2 is 1.89 bits per heavy atom. The second kappa shape index (κ2) is 9.19. The molecule has 2 aliphatic rings. The molecule has 0 spiro atoms. The van der Waals surface area contributed by atoms with E-state index in [-0.39, 0.29) is 5.82 Å². The van der Waals surface area contributed by atoms with Crippen molar-refractivity contribution >= 4 is 0 Å². The van der Waals surface area contributed by atoms with Crippen LogP contribution in [0.3, 0.4) is 0 Å². The fourth-order valence-corrected chi connectivity index (χ4v) is 4.80. The molecular formula is C23H31FN2O2. The molecule has 1 saturated carbocycles. The number of nitrogens with zero attached hydrogens (tertiary/aromatic N) is 2. The van der Waals surface area contributed by atoms with Crippen LogP contribution in [-0.4, -0.2) is 35.9 Å². The van der Waals surface area contributed by atoms with Crippen molar-refractivity contribution in [3.05, 3.63) is 53.2 Å². The van der Waals surface area contributed by atoms with Gasteiger partial charge in [-0.15, -0.1) is 0 Å².